The molecule has 124 valence electrons. The topological polar surface area (TPSA) is 86.2 Å². The first-order valence-electron chi connectivity index (χ1n) is 7.05. The third-order valence-corrected chi connectivity index (χ3v) is 3.94. The van der Waals surface area contributed by atoms with Gasteiger partial charge in [0.1, 0.15) is 22.6 Å². The van der Waals surface area contributed by atoms with E-state index in [1.165, 1.54) is 26.2 Å². The first-order valence-corrected chi connectivity index (χ1v) is 7.05. The van der Waals surface area contributed by atoms with E-state index in [1.54, 1.807) is 13.0 Å². The smallest absolute Gasteiger partial charge is 0.337 e. The number of fused-ring (bicyclic) bond motifs is 1. The average molecular weight is 331 g/mol. The fraction of sp³-hybridized carbons (Fsp3) is 0.188. The van der Waals surface area contributed by atoms with Crippen LogP contribution in [0.2, 0.25) is 0 Å². The molecule has 2 aromatic heterocycles. The van der Waals surface area contributed by atoms with Crippen LogP contribution in [0.4, 0.5) is 4.39 Å². The van der Waals surface area contributed by atoms with Gasteiger partial charge in [0.05, 0.1) is 5.69 Å². The standard InChI is InChI=1S/C16H14FN3O4/c1-8-4-5-10(9(17)6-8)20-14-13(15(23)19(3)16(20)24)11(21)7-12(22)18(14)2/h4-7,21H,1-3H3. The van der Waals surface area contributed by atoms with E-state index in [1.807, 2.05) is 0 Å². The highest BCUT2D eigenvalue weighted by Crippen LogP contribution is 2.21. The van der Waals surface area contributed by atoms with Crippen molar-refractivity contribution in [3.05, 3.63) is 66.8 Å². The maximum atomic E-state index is 14.4. The van der Waals surface area contributed by atoms with Crippen molar-refractivity contribution < 1.29 is 9.50 Å². The minimum atomic E-state index is -0.823. The Morgan fingerprint density at radius 2 is 1.71 bits per heavy atom. The number of nitrogens with zero attached hydrogens (tertiary/aromatic N) is 3. The van der Waals surface area contributed by atoms with Crippen LogP contribution in [0.15, 0.2) is 38.6 Å². The number of halogens is 1. The summed E-state index contributed by atoms with van der Waals surface area (Å²) in [5.74, 6) is -1.25. The molecule has 0 aliphatic rings. The van der Waals surface area contributed by atoms with Crippen molar-refractivity contribution in [3.8, 4) is 11.4 Å². The van der Waals surface area contributed by atoms with Gasteiger partial charge in [-0.1, -0.05) is 6.07 Å². The third kappa shape index (κ3) is 2.07. The number of rotatable bonds is 1. The van der Waals surface area contributed by atoms with E-state index < -0.39 is 28.4 Å². The molecule has 0 amide bonds. The van der Waals surface area contributed by atoms with Crippen molar-refractivity contribution >= 4 is 11.0 Å². The summed E-state index contributed by atoms with van der Waals surface area (Å²) in [5, 5.41) is 9.78. The molecule has 1 aromatic carbocycles. The Kier molecular flexibility index (Phi) is 3.40. The van der Waals surface area contributed by atoms with E-state index in [4.69, 9.17) is 0 Å². The van der Waals surface area contributed by atoms with Gasteiger partial charge in [-0.2, -0.15) is 0 Å². The van der Waals surface area contributed by atoms with Crippen molar-refractivity contribution in [1.82, 2.24) is 13.7 Å². The second-order valence-corrected chi connectivity index (χ2v) is 5.56. The summed E-state index contributed by atoms with van der Waals surface area (Å²) in [4.78, 5) is 36.9. The molecule has 0 aliphatic heterocycles. The van der Waals surface area contributed by atoms with E-state index in [0.717, 1.165) is 19.8 Å². The van der Waals surface area contributed by atoms with E-state index in [-0.39, 0.29) is 16.7 Å². The highest BCUT2D eigenvalue weighted by molar-refractivity contribution is 5.82. The quantitative estimate of drug-likeness (QED) is 0.705. The van der Waals surface area contributed by atoms with Gasteiger partial charge in [0.2, 0.25) is 0 Å². The number of aryl methyl sites for hydroxylation is 2. The second-order valence-electron chi connectivity index (χ2n) is 5.56. The number of hydrogen-bond acceptors (Lipinski definition) is 4. The lowest BCUT2D eigenvalue weighted by Crippen LogP contribution is -2.40. The minimum absolute atomic E-state index is 0.119. The van der Waals surface area contributed by atoms with Gasteiger partial charge in [0.15, 0.2) is 0 Å². The molecular formula is C16H14FN3O4. The molecule has 0 aliphatic carbocycles. The predicted molar refractivity (Wildman–Crippen MR) is 86.4 cm³/mol. The number of hydrogen-bond donors (Lipinski definition) is 1. The van der Waals surface area contributed by atoms with Gasteiger partial charge >= 0.3 is 5.69 Å². The van der Waals surface area contributed by atoms with Gasteiger partial charge < -0.3 is 5.11 Å². The zero-order chi connectivity index (χ0) is 17.8. The fourth-order valence-electron chi connectivity index (χ4n) is 2.65. The predicted octanol–water partition coefficient (Wildman–Crippen LogP) is 0.541. The summed E-state index contributed by atoms with van der Waals surface area (Å²) < 4.78 is 17.1. The highest BCUT2D eigenvalue weighted by atomic mass is 19.1. The normalized spacial score (nSPS) is 11.2. The maximum absolute atomic E-state index is 14.4. The van der Waals surface area contributed by atoms with Crippen molar-refractivity contribution in [2.45, 2.75) is 6.92 Å². The van der Waals surface area contributed by atoms with Crippen molar-refractivity contribution in [3.63, 3.8) is 0 Å². The molecule has 24 heavy (non-hydrogen) atoms. The molecule has 0 spiro atoms. The summed E-state index contributed by atoms with van der Waals surface area (Å²) in [7, 11) is 2.56. The van der Waals surface area contributed by atoms with Gasteiger partial charge in [-0.15, -0.1) is 0 Å². The van der Waals surface area contributed by atoms with E-state index in [2.05, 4.69) is 0 Å². The van der Waals surface area contributed by atoms with Crippen LogP contribution < -0.4 is 16.8 Å². The molecule has 3 aromatic rings. The zero-order valence-electron chi connectivity index (χ0n) is 13.2. The van der Waals surface area contributed by atoms with E-state index in [0.29, 0.717) is 5.56 Å². The van der Waals surface area contributed by atoms with E-state index >= 15 is 0 Å². The van der Waals surface area contributed by atoms with Crippen LogP contribution in [-0.4, -0.2) is 18.8 Å². The SMILES string of the molecule is Cc1ccc(-n2c(=O)n(C)c(=O)c3c(O)cc(=O)n(C)c32)c(F)c1. The van der Waals surface area contributed by atoms with Crippen LogP contribution >= 0.6 is 0 Å². The molecule has 0 saturated carbocycles. The lowest BCUT2D eigenvalue weighted by molar-refractivity contribution is 0.477. The molecule has 1 N–H and O–H groups in total. The summed E-state index contributed by atoms with van der Waals surface area (Å²) in [5.41, 5.74) is -1.87. The molecule has 0 saturated heterocycles. The van der Waals surface area contributed by atoms with Crippen molar-refractivity contribution in [2.24, 2.45) is 14.1 Å². The van der Waals surface area contributed by atoms with E-state index in [9.17, 15) is 23.9 Å². The summed E-state index contributed by atoms with van der Waals surface area (Å²) in [6.45, 7) is 1.69. The molecule has 7 nitrogen and oxygen atoms in total. The Morgan fingerprint density at radius 1 is 1.04 bits per heavy atom. The van der Waals surface area contributed by atoms with Gasteiger partial charge in [-0.25, -0.2) is 13.8 Å². The Hall–Kier alpha value is -3.16. The Morgan fingerprint density at radius 3 is 2.33 bits per heavy atom. The lowest BCUT2D eigenvalue weighted by atomic mass is 10.2. The number of aromatic nitrogens is 3. The van der Waals surface area contributed by atoms with Gasteiger partial charge in [0.25, 0.3) is 11.1 Å². The van der Waals surface area contributed by atoms with Crippen LogP contribution in [0, 0.1) is 12.7 Å². The largest absolute Gasteiger partial charge is 0.507 e. The van der Waals surface area contributed by atoms with Crippen LogP contribution in [0.3, 0.4) is 0 Å². The average Bonchev–Trinajstić information content (AvgIpc) is 2.51. The number of pyridine rings is 1. The fourth-order valence-corrected chi connectivity index (χ4v) is 2.65. The second kappa shape index (κ2) is 5.19. The van der Waals surface area contributed by atoms with Crippen molar-refractivity contribution in [2.75, 3.05) is 0 Å². The Bertz CT molecular complexity index is 1170. The van der Waals surface area contributed by atoms with Crippen LogP contribution in [0.1, 0.15) is 5.56 Å². The maximum Gasteiger partial charge on any atom is 0.337 e. The molecule has 0 bridgehead atoms. The van der Waals surface area contributed by atoms with Crippen molar-refractivity contribution in [1.29, 1.82) is 0 Å². The molecule has 8 heteroatoms. The lowest BCUT2D eigenvalue weighted by Gasteiger charge is -2.16. The van der Waals surface area contributed by atoms with Crippen LogP contribution in [-0.2, 0) is 14.1 Å². The summed E-state index contributed by atoms with van der Waals surface area (Å²) in [6.07, 6.45) is 0. The Balaban J connectivity index is 2.69. The molecular weight excluding hydrogens is 317 g/mol. The van der Waals surface area contributed by atoms with Crippen LogP contribution in [0.25, 0.3) is 16.7 Å². The van der Waals surface area contributed by atoms with Gasteiger partial charge in [0, 0.05) is 20.2 Å². The third-order valence-electron chi connectivity index (χ3n) is 3.94. The van der Waals surface area contributed by atoms with Crippen LogP contribution in [0.5, 0.6) is 5.75 Å². The monoisotopic (exact) mass is 331 g/mol. The first-order chi connectivity index (χ1) is 11.2. The first kappa shape index (κ1) is 15.7. The minimum Gasteiger partial charge on any atom is -0.507 e. The number of benzene rings is 1. The Labute approximate surface area is 134 Å². The number of aromatic hydroxyl groups is 1. The summed E-state index contributed by atoms with van der Waals surface area (Å²) in [6, 6.07) is 5.09. The molecule has 0 radical (unpaired) electrons. The molecule has 0 fully saturated rings. The molecule has 0 unspecified atom stereocenters. The molecule has 2 heterocycles. The summed E-state index contributed by atoms with van der Waals surface area (Å²) >= 11 is 0. The van der Waals surface area contributed by atoms with Gasteiger partial charge in [-0.3, -0.25) is 18.7 Å². The molecule has 3 rings (SSSR count). The highest BCUT2D eigenvalue weighted by Gasteiger charge is 2.20. The molecule has 0 atom stereocenters. The zero-order valence-corrected chi connectivity index (χ0v) is 13.2. The van der Waals surface area contributed by atoms with Gasteiger partial charge in [-0.05, 0) is 24.6 Å².